The summed E-state index contributed by atoms with van der Waals surface area (Å²) in [5, 5.41) is 11.2. The number of aliphatic carboxylic acids is 1. The largest absolute Gasteiger partial charge is 0.481 e. The van der Waals surface area contributed by atoms with Crippen molar-refractivity contribution in [2.75, 3.05) is 18.9 Å². The van der Waals surface area contributed by atoms with Crippen LogP contribution in [0.15, 0.2) is 18.2 Å². The second-order valence-corrected chi connectivity index (χ2v) is 4.31. The molecule has 0 spiro atoms. The van der Waals surface area contributed by atoms with Crippen molar-refractivity contribution >= 4 is 17.7 Å². The van der Waals surface area contributed by atoms with E-state index >= 15 is 0 Å². The van der Waals surface area contributed by atoms with Crippen LogP contribution in [0.4, 0.5) is 14.9 Å². The fourth-order valence-electron chi connectivity index (χ4n) is 1.55. The van der Waals surface area contributed by atoms with Crippen molar-refractivity contribution in [3.8, 4) is 0 Å². The predicted molar refractivity (Wildman–Crippen MR) is 69.7 cm³/mol. The monoisotopic (exact) mass is 268 g/mol. The number of rotatable bonds is 5. The molecule has 0 radical (unpaired) electrons. The molecule has 0 unspecified atom stereocenters. The molecule has 0 bridgehead atoms. The minimum atomic E-state index is -0.886. The predicted octanol–water partition coefficient (Wildman–Crippen LogP) is 2.46. The van der Waals surface area contributed by atoms with Gasteiger partial charge in [-0.1, -0.05) is 0 Å². The molecule has 0 fully saturated rings. The van der Waals surface area contributed by atoms with E-state index in [1.54, 1.807) is 14.0 Å². The average molecular weight is 268 g/mol. The Morgan fingerprint density at radius 2 is 2.11 bits per heavy atom. The molecule has 2 amide bonds. The molecule has 1 rings (SSSR count). The van der Waals surface area contributed by atoms with Gasteiger partial charge in [0, 0.05) is 25.7 Å². The molecule has 0 saturated heterocycles. The van der Waals surface area contributed by atoms with E-state index in [-0.39, 0.29) is 18.3 Å². The summed E-state index contributed by atoms with van der Waals surface area (Å²) in [6, 6.07) is 3.75. The molecule has 2 N–H and O–H groups in total. The van der Waals surface area contributed by atoms with Crippen LogP contribution in [0, 0.1) is 12.7 Å². The summed E-state index contributed by atoms with van der Waals surface area (Å²) < 4.78 is 12.9. The first-order valence-electron chi connectivity index (χ1n) is 5.90. The number of carboxylic acid groups (broad SMARTS) is 1. The Morgan fingerprint density at radius 1 is 1.42 bits per heavy atom. The fourth-order valence-corrected chi connectivity index (χ4v) is 1.55. The van der Waals surface area contributed by atoms with Crippen molar-refractivity contribution in [3.63, 3.8) is 0 Å². The highest BCUT2D eigenvalue weighted by atomic mass is 19.1. The zero-order valence-corrected chi connectivity index (χ0v) is 10.9. The molecule has 0 aliphatic heterocycles. The Hall–Kier alpha value is -2.11. The van der Waals surface area contributed by atoms with Crippen LogP contribution in [0.5, 0.6) is 0 Å². The van der Waals surface area contributed by atoms with Gasteiger partial charge in [-0.25, -0.2) is 9.18 Å². The second-order valence-electron chi connectivity index (χ2n) is 4.31. The topological polar surface area (TPSA) is 69.6 Å². The summed E-state index contributed by atoms with van der Waals surface area (Å²) in [6.45, 7) is 2.04. The number of anilines is 1. The minimum absolute atomic E-state index is 0.0210. The number of halogens is 1. The average Bonchev–Trinajstić information content (AvgIpc) is 2.32. The molecule has 5 nitrogen and oxygen atoms in total. The summed E-state index contributed by atoms with van der Waals surface area (Å²) in [5.74, 6) is -1.24. The van der Waals surface area contributed by atoms with Crippen LogP contribution < -0.4 is 5.32 Å². The highest BCUT2D eigenvalue weighted by molar-refractivity contribution is 5.89. The number of nitrogens with zero attached hydrogens (tertiary/aromatic N) is 1. The summed E-state index contributed by atoms with van der Waals surface area (Å²) in [4.78, 5) is 23.6. The zero-order valence-electron chi connectivity index (χ0n) is 10.9. The Labute approximate surface area is 111 Å². The third-order valence-electron chi connectivity index (χ3n) is 2.66. The van der Waals surface area contributed by atoms with Gasteiger partial charge in [0.2, 0.25) is 0 Å². The minimum Gasteiger partial charge on any atom is -0.481 e. The number of hydrogen-bond acceptors (Lipinski definition) is 2. The van der Waals surface area contributed by atoms with Crippen LogP contribution in [-0.2, 0) is 4.79 Å². The fraction of sp³-hybridized carbons (Fsp3) is 0.385. The van der Waals surface area contributed by atoms with Gasteiger partial charge < -0.3 is 15.3 Å². The van der Waals surface area contributed by atoms with E-state index < -0.39 is 5.97 Å². The molecular weight excluding hydrogens is 251 g/mol. The summed E-state index contributed by atoms with van der Waals surface area (Å²) in [6.07, 6.45) is 0.412. The van der Waals surface area contributed by atoms with E-state index in [0.29, 0.717) is 24.2 Å². The molecule has 0 saturated carbocycles. The molecule has 19 heavy (non-hydrogen) atoms. The van der Waals surface area contributed by atoms with Gasteiger partial charge in [0.15, 0.2) is 0 Å². The van der Waals surface area contributed by atoms with Gasteiger partial charge in [-0.3, -0.25) is 4.79 Å². The quantitative estimate of drug-likeness (QED) is 0.861. The molecule has 0 aromatic heterocycles. The second kappa shape index (κ2) is 6.72. The smallest absolute Gasteiger partial charge is 0.321 e. The Bertz CT molecular complexity index is 477. The normalized spacial score (nSPS) is 10.1. The van der Waals surface area contributed by atoms with Gasteiger partial charge in [-0.15, -0.1) is 0 Å². The SMILES string of the molecule is Cc1cc(F)ccc1NC(=O)N(C)CCCC(=O)O. The highest BCUT2D eigenvalue weighted by Gasteiger charge is 2.10. The third-order valence-corrected chi connectivity index (χ3v) is 2.66. The standard InChI is InChI=1S/C13H17FN2O3/c1-9-8-10(14)5-6-11(9)15-13(19)16(2)7-3-4-12(17)18/h5-6,8H,3-4,7H2,1-2H3,(H,15,19)(H,17,18). The lowest BCUT2D eigenvalue weighted by atomic mass is 10.2. The van der Waals surface area contributed by atoms with Gasteiger partial charge in [0.05, 0.1) is 0 Å². The zero-order chi connectivity index (χ0) is 14.4. The van der Waals surface area contributed by atoms with Crippen LogP contribution in [-0.4, -0.2) is 35.6 Å². The molecule has 0 aliphatic rings. The number of nitrogens with one attached hydrogen (secondary N) is 1. The first kappa shape index (κ1) is 14.9. The maximum Gasteiger partial charge on any atom is 0.321 e. The van der Waals surface area contributed by atoms with E-state index in [9.17, 15) is 14.0 Å². The highest BCUT2D eigenvalue weighted by Crippen LogP contribution is 2.16. The number of carbonyl (C=O) groups excluding carboxylic acids is 1. The lowest BCUT2D eigenvalue weighted by Crippen LogP contribution is -2.32. The maximum absolute atomic E-state index is 12.9. The first-order valence-corrected chi connectivity index (χ1v) is 5.90. The lowest BCUT2D eigenvalue weighted by molar-refractivity contribution is -0.137. The van der Waals surface area contributed by atoms with Crippen LogP contribution in [0.3, 0.4) is 0 Å². The van der Waals surface area contributed by atoms with Crippen molar-refractivity contribution in [3.05, 3.63) is 29.6 Å². The summed E-state index contributed by atoms with van der Waals surface area (Å²) >= 11 is 0. The number of urea groups is 1. The first-order chi connectivity index (χ1) is 8.90. The Morgan fingerprint density at radius 3 is 2.68 bits per heavy atom. The van der Waals surface area contributed by atoms with Crippen molar-refractivity contribution in [1.29, 1.82) is 0 Å². The van der Waals surface area contributed by atoms with Crippen LogP contribution in [0.1, 0.15) is 18.4 Å². The van der Waals surface area contributed by atoms with E-state index in [4.69, 9.17) is 5.11 Å². The van der Waals surface area contributed by atoms with Crippen molar-refractivity contribution in [2.45, 2.75) is 19.8 Å². The third kappa shape index (κ3) is 4.95. The summed E-state index contributed by atoms with van der Waals surface area (Å²) in [5.41, 5.74) is 1.17. The van der Waals surface area contributed by atoms with Crippen molar-refractivity contribution in [1.82, 2.24) is 4.90 Å². The van der Waals surface area contributed by atoms with Gasteiger partial charge in [-0.05, 0) is 37.1 Å². The van der Waals surface area contributed by atoms with Crippen molar-refractivity contribution in [2.24, 2.45) is 0 Å². The number of hydrogen-bond donors (Lipinski definition) is 2. The molecular formula is C13H17FN2O3. The molecule has 1 aromatic carbocycles. The number of carbonyl (C=O) groups is 2. The van der Waals surface area contributed by atoms with Gasteiger partial charge in [0.25, 0.3) is 0 Å². The lowest BCUT2D eigenvalue weighted by Gasteiger charge is -2.18. The van der Waals surface area contributed by atoms with Crippen molar-refractivity contribution < 1.29 is 19.1 Å². The number of aryl methyl sites for hydroxylation is 1. The molecule has 0 aliphatic carbocycles. The number of carboxylic acids is 1. The maximum atomic E-state index is 12.9. The van der Waals surface area contributed by atoms with E-state index in [1.807, 2.05) is 0 Å². The van der Waals surface area contributed by atoms with E-state index in [0.717, 1.165) is 0 Å². The van der Waals surface area contributed by atoms with Crippen LogP contribution in [0.25, 0.3) is 0 Å². The summed E-state index contributed by atoms with van der Waals surface area (Å²) in [7, 11) is 1.58. The van der Waals surface area contributed by atoms with E-state index in [1.165, 1.54) is 23.1 Å². The van der Waals surface area contributed by atoms with E-state index in [2.05, 4.69) is 5.32 Å². The molecule has 0 heterocycles. The van der Waals surface area contributed by atoms with Gasteiger partial charge in [0.1, 0.15) is 5.82 Å². The van der Waals surface area contributed by atoms with Crippen LogP contribution >= 0.6 is 0 Å². The van der Waals surface area contributed by atoms with Crippen LogP contribution in [0.2, 0.25) is 0 Å². The molecule has 6 heteroatoms. The van der Waals surface area contributed by atoms with Gasteiger partial charge >= 0.3 is 12.0 Å². The number of amides is 2. The number of benzene rings is 1. The molecule has 1 aromatic rings. The van der Waals surface area contributed by atoms with Gasteiger partial charge in [-0.2, -0.15) is 0 Å². The Balaban J connectivity index is 2.51. The molecule has 104 valence electrons. The Kier molecular flexibility index (Phi) is 5.29. The molecule has 0 atom stereocenters.